The average Bonchev–Trinajstić information content (AvgIpc) is 2.53. The number of aromatic nitrogens is 1. The molecule has 21 heavy (non-hydrogen) atoms. The second-order valence-corrected chi connectivity index (χ2v) is 5.30. The average molecular weight is 277 g/mol. The van der Waals surface area contributed by atoms with Crippen molar-refractivity contribution < 1.29 is 0 Å². The number of nitrogen functional groups attached to an aromatic ring is 1. The number of para-hydroxylation sites is 1. The van der Waals surface area contributed by atoms with E-state index in [-0.39, 0.29) is 6.04 Å². The van der Waals surface area contributed by atoms with E-state index in [0.717, 1.165) is 11.2 Å². The zero-order chi connectivity index (χ0) is 14.8. The molecule has 0 amide bonds. The maximum Gasteiger partial charge on any atom is 0.0722 e. The summed E-state index contributed by atoms with van der Waals surface area (Å²) >= 11 is 0. The zero-order valence-corrected chi connectivity index (χ0v) is 12.3. The van der Waals surface area contributed by atoms with Gasteiger partial charge in [0.2, 0.25) is 0 Å². The molecule has 1 unspecified atom stereocenters. The molecule has 2 aromatic carbocycles. The van der Waals surface area contributed by atoms with Crippen LogP contribution >= 0.6 is 0 Å². The maximum atomic E-state index is 5.90. The van der Waals surface area contributed by atoms with Crippen molar-refractivity contribution in [2.45, 2.75) is 13.0 Å². The van der Waals surface area contributed by atoms with Crippen LogP contribution in [0.15, 0.2) is 60.8 Å². The van der Waals surface area contributed by atoms with Crippen molar-refractivity contribution in [3.63, 3.8) is 0 Å². The maximum absolute atomic E-state index is 5.90. The minimum Gasteiger partial charge on any atom is -0.399 e. The van der Waals surface area contributed by atoms with E-state index in [4.69, 9.17) is 5.73 Å². The van der Waals surface area contributed by atoms with Gasteiger partial charge in [-0.2, -0.15) is 0 Å². The quantitative estimate of drug-likeness (QED) is 0.735. The van der Waals surface area contributed by atoms with Gasteiger partial charge in [-0.3, -0.25) is 4.98 Å². The van der Waals surface area contributed by atoms with Gasteiger partial charge in [0.15, 0.2) is 0 Å². The molecule has 0 bridgehead atoms. The lowest BCUT2D eigenvalue weighted by atomic mass is 10.0. The van der Waals surface area contributed by atoms with Crippen molar-refractivity contribution in [3.05, 3.63) is 66.4 Å². The van der Waals surface area contributed by atoms with Crippen molar-refractivity contribution in [2.24, 2.45) is 0 Å². The summed E-state index contributed by atoms with van der Waals surface area (Å²) in [7, 11) is 2.11. The molecule has 1 heterocycles. The van der Waals surface area contributed by atoms with Crippen molar-refractivity contribution in [1.82, 2.24) is 4.98 Å². The molecule has 3 aromatic rings. The number of rotatable bonds is 3. The molecule has 106 valence electrons. The number of nitrogens with two attached hydrogens (primary N) is 1. The fraction of sp³-hybridized carbons (Fsp3) is 0.167. The molecule has 3 heteroatoms. The summed E-state index contributed by atoms with van der Waals surface area (Å²) < 4.78 is 0. The molecule has 1 aromatic heterocycles. The van der Waals surface area contributed by atoms with Crippen LogP contribution in [0.3, 0.4) is 0 Å². The van der Waals surface area contributed by atoms with Crippen LogP contribution in [-0.4, -0.2) is 12.0 Å². The summed E-state index contributed by atoms with van der Waals surface area (Å²) in [5.74, 6) is 0. The van der Waals surface area contributed by atoms with E-state index < -0.39 is 0 Å². The van der Waals surface area contributed by atoms with Crippen LogP contribution in [0.25, 0.3) is 10.9 Å². The van der Waals surface area contributed by atoms with Crippen LogP contribution in [0.5, 0.6) is 0 Å². The summed E-state index contributed by atoms with van der Waals surface area (Å²) in [6.07, 6.45) is 1.86. The lowest BCUT2D eigenvalue weighted by Crippen LogP contribution is -2.22. The smallest absolute Gasteiger partial charge is 0.0722 e. The monoisotopic (exact) mass is 277 g/mol. The molecule has 1 atom stereocenters. The van der Waals surface area contributed by atoms with E-state index in [2.05, 4.69) is 42.1 Å². The lowest BCUT2D eigenvalue weighted by molar-refractivity contribution is 0.742. The summed E-state index contributed by atoms with van der Waals surface area (Å²) in [5, 5.41) is 1.17. The minimum atomic E-state index is 0.235. The molecule has 0 saturated carbocycles. The number of hydrogen-bond donors (Lipinski definition) is 1. The highest BCUT2D eigenvalue weighted by atomic mass is 15.1. The molecule has 0 aliphatic carbocycles. The van der Waals surface area contributed by atoms with Crippen molar-refractivity contribution in [2.75, 3.05) is 17.7 Å². The van der Waals surface area contributed by atoms with Gasteiger partial charge in [0.05, 0.1) is 11.6 Å². The van der Waals surface area contributed by atoms with Gasteiger partial charge in [0.1, 0.15) is 0 Å². The van der Waals surface area contributed by atoms with Gasteiger partial charge in [0, 0.05) is 30.0 Å². The van der Waals surface area contributed by atoms with Gasteiger partial charge in [-0.05, 0) is 36.8 Å². The molecule has 3 nitrogen and oxygen atoms in total. The Hall–Kier alpha value is -2.55. The van der Waals surface area contributed by atoms with Gasteiger partial charge in [-0.1, -0.05) is 30.3 Å². The zero-order valence-electron chi connectivity index (χ0n) is 12.3. The van der Waals surface area contributed by atoms with Gasteiger partial charge in [-0.25, -0.2) is 0 Å². The molecule has 0 saturated heterocycles. The summed E-state index contributed by atoms with van der Waals surface area (Å²) in [6, 6.07) is 18.6. The number of pyridine rings is 1. The summed E-state index contributed by atoms with van der Waals surface area (Å²) in [4.78, 5) is 6.69. The Morgan fingerprint density at radius 1 is 1.05 bits per heavy atom. The van der Waals surface area contributed by atoms with E-state index in [1.807, 2.05) is 42.6 Å². The summed E-state index contributed by atoms with van der Waals surface area (Å²) in [6.45, 7) is 2.18. The van der Waals surface area contributed by atoms with E-state index in [9.17, 15) is 0 Å². The molecule has 3 rings (SSSR count). The Labute approximate surface area is 125 Å². The minimum absolute atomic E-state index is 0.235. The predicted molar refractivity (Wildman–Crippen MR) is 89.4 cm³/mol. The Balaban J connectivity index is 2.02. The van der Waals surface area contributed by atoms with E-state index in [1.165, 1.54) is 16.6 Å². The van der Waals surface area contributed by atoms with Crippen molar-refractivity contribution in [3.8, 4) is 0 Å². The number of nitrogens with zero attached hydrogens (tertiary/aromatic N) is 2. The summed E-state index contributed by atoms with van der Waals surface area (Å²) in [5.41, 5.74) is 10.1. The van der Waals surface area contributed by atoms with E-state index in [1.54, 1.807) is 0 Å². The molecular weight excluding hydrogens is 258 g/mol. The Kier molecular flexibility index (Phi) is 3.48. The fourth-order valence-corrected chi connectivity index (χ4v) is 2.64. The highest BCUT2D eigenvalue weighted by Gasteiger charge is 2.14. The first-order valence-electron chi connectivity index (χ1n) is 7.09. The first-order chi connectivity index (χ1) is 10.2. The van der Waals surface area contributed by atoms with Gasteiger partial charge >= 0.3 is 0 Å². The van der Waals surface area contributed by atoms with Crippen molar-refractivity contribution >= 4 is 22.3 Å². The second kappa shape index (κ2) is 5.44. The SMILES string of the molecule is CC(c1cccc(N)c1)N(C)c1ccnc2ccccc12. The standard InChI is InChI=1S/C18H19N3/c1-13(14-6-5-7-15(19)12-14)21(2)18-10-11-20-17-9-4-3-8-16(17)18/h3-13H,19H2,1-2H3. The molecule has 0 aliphatic rings. The lowest BCUT2D eigenvalue weighted by Gasteiger charge is -2.28. The Morgan fingerprint density at radius 3 is 2.67 bits per heavy atom. The fourth-order valence-electron chi connectivity index (χ4n) is 2.64. The first kappa shape index (κ1) is 13.4. The van der Waals surface area contributed by atoms with E-state index in [0.29, 0.717) is 0 Å². The number of anilines is 2. The first-order valence-corrected chi connectivity index (χ1v) is 7.09. The largest absolute Gasteiger partial charge is 0.399 e. The van der Waals surface area contributed by atoms with Crippen molar-refractivity contribution in [1.29, 1.82) is 0 Å². The third-order valence-electron chi connectivity index (χ3n) is 3.98. The second-order valence-electron chi connectivity index (χ2n) is 5.30. The van der Waals surface area contributed by atoms with Gasteiger partial charge < -0.3 is 10.6 Å². The predicted octanol–water partition coefficient (Wildman–Crippen LogP) is 4.01. The Morgan fingerprint density at radius 2 is 1.86 bits per heavy atom. The van der Waals surface area contributed by atoms with Crippen LogP contribution in [0.1, 0.15) is 18.5 Å². The number of fused-ring (bicyclic) bond motifs is 1. The van der Waals surface area contributed by atoms with Crippen LogP contribution in [0.4, 0.5) is 11.4 Å². The molecule has 2 N–H and O–H groups in total. The van der Waals surface area contributed by atoms with Gasteiger partial charge in [-0.15, -0.1) is 0 Å². The van der Waals surface area contributed by atoms with Crippen LogP contribution in [0.2, 0.25) is 0 Å². The number of hydrogen-bond acceptors (Lipinski definition) is 3. The van der Waals surface area contributed by atoms with Crippen LogP contribution in [-0.2, 0) is 0 Å². The highest BCUT2D eigenvalue weighted by Crippen LogP contribution is 2.31. The highest BCUT2D eigenvalue weighted by molar-refractivity contribution is 5.91. The molecule has 0 radical (unpaired) electrons. The molecule has 0 fully saturated rings. The molecule has 0 spiro atoms. The third kappa shape index (κ3) is 2.55. The molecular formula is C18H19N3. The Bertz CT molecular complexity index is 762. The van der Waals surface area contributed by atoms with E-state index >= 15 is 0 Å². The van der Waals surface area contributed by atoms with Crippen LogP contribution < -0.4 is 10.6 Å². The normalized spacial score (nSPS) is 12.3. The van der Waals surface area contributed by atoms with Gasteiger partial charge in [0.25, 0.3) is 0 Å². The third-order valence-corrected chi connectivity index (χ3v) is 3.98. The number of benzene rings is 2. The molecule has 0 aliphatic heterocycles. The topological polar surface area (TPSA) is 42.1 Å². The van der Waals surface area contributed by atoms with Crippen LogP contribution in [0, 0.1) is 0 Å².